The molecule has 0 N–H and O–H groups in total. The van der Waals surface area contributed by atoms with E-state index in [1.807, 2.05) is 0 Å². The summed E-state index contributed by atoms with van der Waals surface area (Å²) in [6.07, 6.45) is 0. The number of fused-ring (bicyclic) bond motifs is 14. The Balaban J connectivity index is 1.22. The Bertz CT molecular complexity index is 3240. The molecule has 2 heteroatoms. The maximum absolute atomic E-state index is 7.17. The molecule has 1 aromatic heterocycles. The Labute approximate surface area is 338 Å². The third-order valence-corrected chi connectivity index (χ3v) is 13.4. The molecule has 0 fully saturated rings. The molecule has 2 aliphatic carbocycles. The number of benzene rings is 9. The van der Waals surface area contributed by atoms with Crippen molar-refractivity contribution in [2.75, 3.05) is 4.90 Å². The summed E-state index contributed by atoms with van der Waals surface area (Å²) in [6, 6.07) is 65.0. The molecule has 0 unspecified atom stereocenters. The topological polar surface area (TPSA) is 16.4 Å². The minimum Gasteiger partial charge on any atom is -0.455 e. The van der Waals surface area contributed by atoms with Crippen LogP contribution in [0.4, 0.5) is 17.1 Å². The third kappa shape index (κ3) is 4.49. The third-order valence-electron chi connectivity index (χ3n) is 13.4. The lowest BCUT2D eigenvalue weighted by atomic mass is 9.82. The first-order valence-electron chi connectivity index (χ1n) is 20.4. The molecule has 2 aliphatic rings. The Hall–Kier alpha value is -6.90. The van der Waals surface area contributed by atoms with Gasteiger partial charge in [-0.2, -0.15) is 0 Å². The molecule has 9 aromatic carbocycles. The zero-order valence-electron chi connectivity index (χ0n) is 33.1. The van der Waals surface area contributed by atoms with E-state index in [0.717, 1.165) is 55.5 Å². The lowest BCUT2D eigenvalue weighted by Crippen LogP contribution is -2.18. The van der Waals surface area contributed by atoms with Gasteiger partial charge in [-0.15, -0.1) is 0 Å². The van der Waals surface area contributed by atoms with Crippen LogP contribution in [0.1, 0.15) is 49.9 Å². The fraction of sp³-hybridized carbons (Fsp3) is 0.107. The molecule has 0 bridgehead atoms. The van der Waals surface area contributed by atoms with Gasteiger partial charge in [0.2, 0.25) is 0 Å². The van der Waals surface area contributed by atoms with Crippen molar-refractivity contribution in [3.05, 3.63) is 198 Å². The van der Waals surface area contributed by atoms with Crippen LogP contribution >= 0.6 is 0 Å². The van der Waals surface area contributed by atoms with Crippen molar-refractivity contribution in [3.63, 3.8) is 0 Å². The summed E-state index contributed by atoms with van der Waals surface area (Å²) >= 11 is 0. The fourth-order valence-electron chi connectivity index (χ4n) is 10.6. The molecule has 2 nitrogen and oxygen atoms in total. The predicted octanol–water partition coefficient (Wildman–Crippen LogP) is 15.6. The maximum Gasteiger partial charge on any atom is 0.143 e. The average Bonchev–Trinajstić information content (AvgIpc) is 3.85. The largest absolute Gasteiger partial charge is 0.455 e. The van der Waals surface area contributed by atoms with Crippen LogP contribution < -0.4 is 4.90 Å². The highest BCUT2D eigenvalue weighted by molar-refractivity contribution is 6.32. The lowest BCUT2D eigenvalue weighted by Gasteiger charge is -2.30. The van der Waals surface area contributed by atoms with Gasteiger partial charge in [0.15, 0.2) is 0 Å². The number of hydrogen-bond acceptors (Lipinski definition) is 2. The van der Waals surface area contributed by atoms with E-state index < -0.39 is 0 Å². The van der Waals surface area contributed by atoms with E-state index in [0.29, 0.717) is 0 Å². The molecule has 0 saturated heterocycles. The molecular weight excluding hydrogens is 703 g/mol. The quantitative estimate of drug-likeness (QED) is 0.167. The van der Waals surface area contributed by atoms with Crippen molar-refractivity contribution in [1.29, 1.82) is 0 Å². The Morgan fingerprint density at radius 1 is 0.379 bits per heavy atom. The monoisotopic (exact) mass is 743 g/mol. The van der Waals surface area contributed by atoms with Crippen molar-refractivity contribution in [2.24, 2.45) is 0 Å². The van der Waals surface area contributed by atoms with Gasteiger partial charge in [-0.05, 0) is 108 Å². The molecule has 0 atom stereocenters. The second kappa shape index (κ2) is 11.8. The minimum atomic E-state index is -0.159. The Kier molecular flexibility index (Phi) is 6.78. The first-order chi connectivity index (χ1) is 28.3. The van der Waals surface area contributed by atoms with Gasteiger partial charge < -0.3 is 9.32 Å². The van der Waals surface area contributed by atoms with Crippen LogP contribution in [0.3, 0.4) is 0 Å². The fourth-order valence-corrected chi connectivity index (χ4v) is 10.6. The lowest BCUT2D eigenvalue weighted by molar-refractivity contribution is 0.660. The molecular formula is C56H41NO. The highest BCUT2D eigenvalue weighted by Gasteiger charge is 2.38. The van der Waals surface area contributed by atoms with Gasteiger partial charge >= 0.3 is 0 Å². The first-order valence-corrected chi connectivity index (χ1v) is 20.4. The zero-order chi connectivity index (χ0) is 38.9. The molecule has 1 heterocycles. The summed E-state index contributed by atoms with van der Waals surface area (Å²) in [4.78, 5) is 2.52. The SMILES string of the molecule is CC1(C)c2ccccc2-c2ccc(N(c3ccc4c(c3)C(C)(C)c3ccccc3-4)c3cc(-c4ccccc4)cc4oc5c6ccccc6c6ccccc6c5c34)cc21. The summed E-state index contributed by atoms with van der Waals surface area (Å²) in [6.45, 7) is 9.48. The number of rotatable bonds is 4. The van der Waals surface area contributed by atoms with E-state index >= 15 is 0 Å². The van der Waals surface area contributed by atoms with Gasteiger partial charge in [0, 0.05) is 33.0 Å². The molecule has 10 aromatic rings. The smallest absolute Gasteiger partial charge is 0.143 e. The van der Waals surface area contributed by atoms with E-state index in [-0.39, 0.29) is 10.8 Å². The van der Waals surface area contributed by atoms with Crippen molar-refractivity contribution in [2.45, 2.75) is 38.5 Å². The molecule has 0 amide bonds. The number of hydrogen-bond donors (Lipinski definition) is 0. The van der Waals surface area contributed by atoms with E-state index in [2.05, 4.69) is 209 Å². The molecule has 0 aliphatic heterocycles. The Morgan fingerprint density at radius 2 is 0.862 bits per heavy atom. The molecule has 0 spiro atoms. The predicted molar refractivity (Wildman–Crippen MR) is 244 cm³/mol. The highest BCUT2D eigenvalue weighted by atomic mass is 16.3. The standard InChI is InChI=1S/C56H41NO/c1-55(2)46-24-14-12-20-40(46)42-28-26-36(32-48(42)55)57(37-27-29-43-41-21-13-15-25-47(41)56(3,4)49(43)33-37)50-30-35(34-16-6-5-7-17-34)31-51-53(50)52-44-22-10-8-18-38(44)39-19-9-11-23-45(39)54(52)58-51/h5-33H,1-4H3. The number of nitrogens with zero attached hydrogens (tertiary/aromatic N) is 1. The van der Waals surface area contributed by atoms with Crippen LogP contribution in [0.25, 0.3) is 76.9 Å². The second-order valence-corrected chi connectivity index (χ2v) is 17.3. The normalized spacial score (nSPS) is 14.5. The molecule has 0 radical (unpaired) electrons. The molecule has 12 rings (SSSR count). The van der Waals surface area contributed by atoms with Crippen molar-refractivity contribution < 1.29 is 4.42 Å². The zero-order valence-corrected chi connectivity index (χ0v) is 33.1. The van der Waals surface area contributed by atoms with E-state index in [9.17, 15) is 0 Å². The van der Waals surface area contributed by atoms with Crippen LogP contribution in [-0.4, -0.2) is 0 Å². The summed E-state index contributed by atoms with van der Waals surface area (Å²) in [5.41, 5.74) is 17.8. The number of anilines is 3. The second-order valence-electron chi connectivity index (χ2n) is 17.3. The van der Waals surface area contributed by atoms with Gasteiger partial charge in [-0.3, -0.25) is 0 Å². The summed E-state index contributed by atoms with van der Waals surface area (Å²) < 4.78 is 7.17. The molecule has 58 heavy (non-hydrogen) atoms. The van der Waals surface area contributed by atoms with Crippen molar-refractivity contribution in [3.8, 4) is 33.4 Å². The molecule has 276 valence electrons. The van der Waals surface area contributed by atoms with Gasteiger partial charge in [0.25, 0.3) is 0 Å². The van der Waals surface area contributed by atoms with Gasteiger partial charge in [0.1, 0.15) is 11.2 Å². The van der Waals surface area contributed by atoms with Gasteiger partial charge in [-0.1, -0.05) is 167 Å². The summed E-state index contributed by atoms with van der Waals surface area (Å²) in [5, 5.41) is 7.01. The number of furan rings is 1. The van der Waals surface area contributed by atoms with Crippen LogP contribution in [0.5, 0.6) is 0 Å². The maximum atomic E-state index is 7.17. The average molecular weight is 744 g/mol. The van der Waals surface area contributed by atoms with E-state index in [4.69, 9.17) is 4.42 Å². The van der Waals surface area contributed by atoms with E-state index in [1.165, 1.54) is 60.7 Å². The van der Waals surface area contributed by atoms with Crippen LogP contribution in [0.2, 0.25) is 0 Å². The van der Waals surface area contributed by atoms with Crippen molar-refractivity contribution >= 4 is 60.5 Å². The Morgan fingerprint density at radius 3 is 1.47 bits per heavy atom. The van der Waals surface area contributed by atoms with Crippen LogP contribution in [-0.2, 0) is 10.8 Å². The highest BCUT2D eigenvalue weighted by Crippen LogP contribution is 2.55. The molecule has 0 saturated carbocycles. The van der Waals surface area contributed by atoms with Crippen LogP contribution in [0.15, 0.2) is 180 Å². The van der Waals surface area contributed by atoms with Gasteiger partial charge in [0.05, 0.1) is 11.1 Å². The van der Waals surface area contributed by atoms with Crippen LogP contribution in [0, 0.1) is 0 Å². The summed E-state index contributed by atoms with van der Waals surface area (Å²) in [7, 11) is 0. The first kappa shape index (κ1) is 33.3. The minimum absolute atomic E-state index is 0.159. The van der Waals surface area contributed by atoms with Gasteiger partial charge in [-0.25, -0.2) is 0 Å². The van der Waals surface area contributed by atoms with Crippen molar-refractivity contribution in [1.82, 2.24) is 0 Å². The summed E-state index contributed by atoms with van der Waals surface area (Å²) in [5.74, 6) is 0. The van der Waals surface area contributed by atoms with E-state index in [1.54, 1.807) is 0 Å².